The number of ether oxygens (including phenoxy) is 2. The van der Waals surface area contributed by atoms with Crippen molar-refractivity contribution < 1.29 is 19.1 Å². The first-order valence-corrected chi connectivity index (χ1v) is 9.90. The van der Waals surface area contributed by atoms with Crippen molar-refractivity contribution in [1.29, 1.82) is 0 Å². The Kier molecular flexibility index (Phi) is 5.51. The van der Waals surface area contributed by atoms with E-state index < -0.39 is 17.9 Å². The number of anilines is 2. The van der Waals surface area contributed by atoms with E-state index in [0.29, 0.717) is 30.2 Å². The largest absolute Gasteiger partial charge is 0.447 e. The van der Waals surface area contributed by atoms with Crippen molar-refractivity contribution in [3.63, 3.8) is 0 Å². The van der Waals surface area contributed by atoms with Gasteiger partial charge in [-0.1, -0.05) is 18.3 Å². The number of nitrogens with one attached hydrogen (secondary N) is 2. The summed E-state index contributed by atoms with van der Waals surface area (Å²) < 4.78 is 10.7. The van der Waals surface area contributed by atoms with E-state index in [9.17, 15) is 9.59 Å². The van der Waals surface area contributed by atoms with E-state index >= 15 is 0 Å². The fraction of sp³-hybridized carbons (Fsp3) is 0.300. The predicted molar refractivity (Wildman–Crippen MR) is 115 cm³/mol. The Balaban J connectivity index is 1.58. The monoisotopic (exact) mass is 427 g/mol. The van der Waals surface area contributed by atoms with Gasteiger partial charge in [-0.3, -0.25) is 20.1 Å². The molecular formula is C20H21N5O4S. The van der Waals surface area contributed by atoms with Gasteiger partial charge in [-0.15, -0.1) is 0 Å². The normalized spacial score (nSPS) is 20.5. The SMILES string of the molecule is CNC(NC=S)(c1ccccn1)[C@@H]1CN(c2ccc(N3CCOC3=O)cc2)C(=O)O1. The van der Waals surface area contributed by atoms with Crippen LogP contribution in [0.1, 0.15) is 5.69 Å². The molecule has 156 valence electrons. The molecular weight excluding hydrogens is 406 g/mol. The molecule has 9 nitrogen and oxygen atoms in total. The molecule has 2 fully saturated rings. The van der Waals surface area contributed by atoms with Crippen LogP contribution in [-0.2, 0) is 15.1 Å². The van der Waals surface area contributed by atoms with Gasteiger partial charge in [0, 0.05) is 17.6 Å². The molecule has 2 atom stereocenters. The van der Waals surface area contributed by atoms with Gasteiger partial charge >= 0.3 is 12.2 Å². The minimum absolute atomic E-state index is 0.275. The van der Waals surface area contributed by atoms with Crippen LogP contribution in [0.2, 0.25) is 0 Å². The van der Waals surface area contributed by atoms with Crippen molar-refractivity contribution in [2.75, 3.05) is 36.5 Å². The zero-order chi connectivity index (χ0) is 21.1. The van der Waals surface area contributed by atoms with Gasteiger partial charge in [0.15, 0.2) is 11.8 Å². The summed E-state index contributed by atoms with van der Waals surface area (Å²) in [4.78, 5) is 31.9. The fourth-order valence-corrected chi connectivity index (χ4v) is 3.91. The molecule has 0 aliphatic carbocycles. The lowest BCUT2D eigenvalue weighted by Gasteiger charge is -2.36. The summed E-state index contributed by atoms with van der Waals surface area (Å²) in [6.07, 6.45) is 0.222. The number of rotatable bonds is 7. The number of amides is 2. The Hall–Kier alpha value is -3.24. The minimum Gasteiger partial charge on any atom is -0.447 e. The summed E-state index contributed by atoms with van der Waals surface area (Å²) in [5.74, 6) is 0. The van der Waals surface area contributed by atoms with Crippen LogP contribution in [0.15, 0.2) is 48.7 Å². The number of hydrogen-bond donors (Lipinski definition) is 2. The van der Waals surface area contributed by atoms with Crippen molar-refractivity contribution in [1.82, 2.24) is 15.6 Å². The van der Waals surface area contributed by atoms with Crippen molar-refractivity contribution in [3.8, 4) is 0 Å². The van der Waals surface area contributed by atoms with E-state index in [2.05, 4.69) is 15.6 Å². The van der Waals surface area contributed by atoms with Crippen LogP contribution in [0.4, 0.5) is 21.0 Å². The van der Waals surface area contributed by atoms with Crippen molar-refractivity contribution >= 4 is 41.3 Å². The highest BCUT2D eigenvalue weighted by atomic mass is 32.1. The van der Waals surface area contributed by atoms with E-state index in [4.69, 9.17) is 21.7 Å². The van der Waals surface area contributed by atoms with Gasteiger partial charge in [-0.05, 0) is 43.4 Å². The topological polar surface area (TPSA) is 96.0 Å². The summed E-state index contributed by atoms with van der Waals surface area (Å²) >= 11 is 5.03. The molecule has 30 heavy (non-hydrogen) atoms. The molecule has 0 saturated carbocycles. The third-order valence-electron chi connectivity index (χ3n) is 5.28. The summed E-state index contributed by atoms with van der Waals surface area (Å²) in [5, 5.41) is 6.29. The number of benzene rings is 1. The number of nitrogens with zero attached hydrogens (tertiary/aromatic N) is 3. The molecule has 1 aromatic heterocycles. The Labute approximate surface area is 179 Å². The predicted octanol–water partition coefficient (Wildman–Crippen LogP) is 1.98. The minimum atomic E-state index is -0.979. The summed E-state index contributed by atoms with van der Waals surface area (Å²) in [7, 11) is 1.75. The molecule has 10 heteroatoms. The molecule has 0 spiro atoms. The molecule has 2 aliphatic rings. The van der Waals surface area contributed by atoms with Crippen LogP contribution >= 0.6 is 12.2 Å². The average Bonchev–Trinajstić information content (AvgIpc) is 3.38. The number of thiocarbonyl (C=S) groups is 1. The Bertz CT molecular complexity index is 942. The van der Waals surface area contributed by atoms with Gasteiger partial charge in [-0.2, -0.15) is 0 Å². The van der Waals surface area contributed by atoms with Gasteiger partial charge < -0.3 is 14.8 Å². The molecule has 4 rings (SSSR count). The van der Waals surface area contributed by atoms with Gasteiger partial charge in [0.25, 0.3) is 0 Å². The number of carbonyl (C=O) groups excluding carboxylic acids is 2. The molecule has 0 bridgehead atoms. The van der Waals surface area contributed by atoms with Crippen LogP contribution in [-0.4, -0.2) is 55.5 Å². The van der Waals surface area contributed by atoms with E-state index in [1.54, 1.807) is 42.4 Å². The highest BCUT2D eigenvalue weighted by Gasteiger charge is 2.48. The third kappa shape index (κ3) is 3.44. The molecule has 2 aliphatic heterocycles. The quantitative estimate of drug-likeness (QED) is 0.512. The molecule has 2 N–H and O–H groups in total. The molecule has 1 aromatic carbocycles. The first-order valence-electron chi connectivity index (χ1n) is 9.43. The summed E-state index contributed by atoms with van der Waals surface area (Å²) in [5.41, 5.74) is 2.42. The third-order valence-corrected chi connectivity index (χ3v) is 5.40. The number of likely N-dealkylation sites (N-methyl/N-ethyl adjacent to an activating group) is 1. The maximum absolute atomic E-state index is 12.7. The van der Waals surface area contributed by atoms with Crippen LogP contribution in [0.5, 0.6) is 0 Å². The van der Waals surface area contributed by atoms with Crippen LogP contribution in [0.25, 0.3) is 0 Å². The van der Waals surface area contributed by atoms with E-state index in [0.717, 1.165) is 0 Å². The number of carbonyl (C=O) groups is 2. The van der Waals surface area contributed by atoms with Gasteiger partial charge in [0.2, 0.25) is 0 Å². The standard InChI is InChI=1S/C20H21N5O4S/c1-21-20(23-13-30,16-4-2-3-9-22-16)17-12-25(19(27)29-17)15-7-5-14(6-8-15)24-10-11-28-18(24)26/h2-9,13,17,21H,10-12H2,1H3,(H,23,30)/t17-,20?/m0/s1. The lowest BCUT2D eigenvalue weighted by Crippen LogP contribution is -2.61. The number of pyridine rings is 1. The zero-order valence-electron chi connectivity index (χ0n) is 16.3. The molecule has 0 radical (unpaired) electrons. The summed E-state index contributed by atoms with van der Waals surface area (Å²) in [6, 6.07) is 12.6. The average molecular weight is 427 g/mol. The first-order chi connectivity index (χ1) is 14.6. The fourth-order valence-electron chi connectivity index (χ4n) is 3.72. The second-order valence-electron chi connectivity index (χ2n) is 6.80. The highest BCUT2D eigenvalue weighted by molar-refractivity contribution is 7.78. The van der Waals surface area contributed by atoms with Gasteiger partial charge in [0.1, 0.15) is 6.61 Å². The van der Waals surface area contributed by atoms with Crippen LogP contribution in [0, 0.1) is 0 Å². The van der Waals surface area contributed by atoms with E-state index in [1.807, 2.05) is 18.2 Å². The second-order valence-corrected chi connectivity index (χ2v) is 7.04. The first kappa shape index (κ1) is 20.0. The van der Waals surface area contributed by atoms with Crippen molar-refractivity contribution in [2.24, 2.45) is 0 Å². The Morgan fingerprint density at radius 1 is 1.13 bits per heavy atom. The lowest BCUT2D eigenvalue weighted by molar-refractivity contribution is 0.0614. The Morgan fingerprint density at radius 2 is 1.87 bits per heavy atom. The van der Waals surface area contributed by atoms with Crippen LogP contribution in [0.3, 0.4) is 0 Å². The van der Waals surface area contributed by atoms with Crippen molar-refractivity contribution in [3.05, 3.63) is 54.4 Å². The second kappa shape index (κ2) is 8.25. The highest BCUT2D eigenvalue weighted by Crippen LogP contribution is 2.32. The smallest absolute Gasteiger partial charge is 0.414 e. The van der Waals surface area contributed by atoms with Crippen LogP contribution < -0.4 is 20.4 Å². The summed E-state index contributed by atoms with van der Waals surface area (Å²) in [6.45, 7) is 1.15. The molecule has 1 unspecified atom stereocenters. The lowest BCUT2D eigenvalue weighted by atomic mass is 9.97. The van der Waals surface area contributed by atoms with Gasteiger partial charge in [-0.25, -0.2) is 9.59 Å². The molecule has 2 aromatic rings. The van der Waals surface area contributed by atoms with E-state index in [-0.39, 0.29) is 12.6 Å². The Morgan fingerprint density at radius 3 is 2.43 bits per heavy atom. The maximum atomic E-state index is 12.7. The number of aromatic nitrogens is 1. The molecule has 3 heterocycles. The number of hydrogen-bond acceptors (Lipinski definition) is 7. The van der Waals surface area contributed by atoms with Gasteiger partial charge in [0.05, 0.1) is 24.3 Å². The zero-order valence-corrected chi connectivity index (χ0v) is 17.1. The number of cyclic esters (lactones) is 2. The molecule has 2 amide bonds. The van der Waals surface area contributed by atoms with Crippen molar-refractivity contribution in [2.45, 2.75) is 11.8 Å². The molecule has 2 saturated heterocycles. The van der Waals surface area contributed by atoms with E-state index in [1.165, 1.54) is 10.4 Å². The maximum Gasteiger partial charge on any atom is 0.414 e.